The first kappa shape index (κ1) is 14.3. The van der Waals surface area contributed by atoms with Crippen molar-refractivity contribution in [2.75, 3.05) is 43.5 Å². The maximum absolute atomic E-state index is 13.6. The van der Waals surface area contributed by atoms with E-state index < -0.39 is 0 Å². The highest BCUT2D eigenvalue weighted by molar-refractivity contribution is 5.98. The lowest BCUT2D eigenvalue weighted by Crippen LogP contribution is -2.40. The zero-order valence-corrected chi connectivity index (χ0v) is 12.7. The number of benzene rings is 1. The molecule has 1 heterocycles. The number of amides is 1. The van der Waals surface area contributed by atoms with E-state index in [0.29, 0.717) is 24.8 Å². The second-order valence-electron chi connectivity index (χ2n) is 6.10. The van der Waals surface area contributed by atoms with Crippen LogP contribution in [-0.4, -0.2) is 50.6 Å². The fourth-order valence-electron chi connectivity index (χ4n) is 2.94. The van der Waals surface area contributed by atoms with Crippen molar-refractivity contribution in [3.63, 3.8) is 0 Å². The van der Waals surface area contributed by atoms with Gasteiger partial charge in [0.05, 0.1) is 17.9 Å². The molecule has 1 saturated carbocycles. The van der Waals surface area contributed by atoms with Crippen molar-refractivity contribution in [2.45, 2.75) is 25.3 Å². The number of likely N-dealkylation sites (N-methyl/N-ethyl adjacent to an activating group) is 1. The van der Waals surface area contributed by atoms with Gasteiger partial charge in [-0.2, -0.15) is 0 Å². The molecule has 1 fully saturated rings. The molecule has 5 heteroatoms. The summed E-state index contributed by atoms with van der Waals surface area (Å²) in [4.78, 5) is 18.6. The van der Waals surface area contributed by atoms with Crippen LogP contribution in [0.5, 0.6) is 0 Å². The van der Waals surface area contributed by atoms with Gasteiger partial charge in [-0.05, 0) is 44.5 Å². The van der Waals surface area contributed by atoms with Gasteiger partial charge in [0.25, 0.3) is 0 Å². The van der Waals surface area contributed by atoms with Gasteiger partial charge in [0.1, 0.15) is 5.82 Å². The highest BCUT2D eigenvalue weighted by Gasteiger charge is 2.30. The number of halogens is 1. The monoisotopic (exact) mass is 291 g/mol. The van der Waals surface area contributed by atoms with Gasteiger partial charge >= 0.3 is 0 Å². The van der Waals surface area contributed by atoms with Crippen LogP contribution in [0, 0.1) is 5.82 Å². The maximum atomic E-state index is 13.6. The van der Waals surface area contributed by atoms with Gasteiger partial charge in [0.15, 0.2) is 0 Å². The Labute approximate surface area is 125 Å². The zero-order valence-electron chi connectivity index (χ0n) is 12.7. The van der Waals surface area contributed by atoms with Crippen LogP contribution in [0.15, 0.2) is 18.2 Å². The van der Waals surface area contributed by atoms with E-state index in [0.717, 1.165) is 18.7 Å². The molecule has 1 aromatic carbocycles. The number of carbonyl (C=O) groups excluding carboxylic acids is 1. The molecule has 1 aromatic rings. The normalized spacial score (nSPS) is 18.7. The molecule has 0 spiro atoms. The molecule has 4 nitrogen and oxygen atoms in total. The van der Waals surface area contributed by atoms with Crippen molar-refractivity contribution in [3.8, 4) is 0 Å². The van der Waals surface area contributed by atoms with Crippen molar-refractivity contribution in [1.82, 2.24) is 4.90 Å². The minimum Gasteiger partial charge on any atom is -0.373 e. The molecule has 1 aliphatic carbocycles. The second-order valence-corrected chi connectivity index (χ2v) is 6.10. The SMILES string of the molecule is CN1CCCN(C(=O)CN(C)C2CC2)c2cc(F)ccc21. The standard InChI is InChI=1S/C16H22FN3O/c1-18-8-3-9-20(15-10-12(17)4-7-14(15)18)16(21)11-19(2)13-5-6-13/h4,7,10,13H,3,5-6,8-9,11H2,1-2H3. The lowest BCUT2D eigenvalue weighted by Gasteiger charge is -2.26. The molecule has 0 N–H and O–H groups in total. The fraction of sp³-hybridized carbons (Fsp3) is 0.562. The molecule has 0 radical (unpaired) electrons. The first-order valence-electron chi connectivity index (χ1n) is 7.57. The molecular weight excluding hydrogens is 269 g/mol. The highest BCUT2D eigenvalue weighted by Crippen LogP contribution is 2.33. The molecule has 2 aliphatic rings. The van der Waals surface area contributed by atoms with E-state index in [1.54, 1.807) is 11.0 Å². The van der Waals surface area contributed by atoms with Gasteiger partial charge in [-0.25, -0.2) is 4.39 Å². The molecule has 0 saturated heterocycles. The Bertz CT molecular complexity index is 544. The maximum Gasteiger partial charge on any atom is 0.241 e. The summed E-state index contributed by atoms with van der Waals surface area (Å²) in [5.41, 5.74) is 1.63. The fourth-order valence-corrected chi connectivity index (χ4v) is 2.94. The third-order valence-electron chi connectivity index (χ3n) is 4.37. The average molecular weight is 291 g/mol. The Morgan fingerprint density at radius 3 is 2.81 bits per heavy atom. The van der Waals surface area contributed by atoms with E-state index in [1.165, 1.54) is 25.0 Å². The van der Waals surface area contributed by atoms with Gasteiger partial charge in [0.2, 0.25) is 5.91 Å². The molecule has 114 valence electrons. The van der Waals surface area contributed by atoms with E-state index >= 15 is 0 Å². The number of nitrogens with zero attached hydrogens (tertiary/aromatic N) is 3. The summed E-state index contributed by atoms with van der Waals surface area (Å²) in [6.07, 6.45) is 3.25. The van der Waals surface area contributed by atoms with Crippen molar-refractivity contribution >= 4 is 17.3 Å². The zero-order chi connectivity index (χ0) is 15.0. The van der Waals surface area contributed by atoms with Crippen molar-refractivity contribution in [3.05, 3.63) is 24.0 Å². The molecule has 3 rings (SSSR count). The Hall–Kier alpha value is -1.62. The summed E-state index contributed by atoms with van der Waals surface area (Å²) in [5.74, 6) is -0.232. The number of hydrogen-bond acceptors (Lipinski definition) is 3. The molecule has 0 aromatic heterocycles. The Morgan fingerprint density at radius 1 is 1.33 bits per heavy atom. The Morgan fingerprint density at radius 2 is 2.10 bits per heavy atom. The average Bonchev–Trinajstić information content (AvgIpc) is 3.26. The largest absolute Gasteiger partial charge is 0.373 e. The molecule has 0 atom stereocenters. The van der Waals surface area contributed by atoms with Gasteiger partial charge in [-0.3, -0.25) is 9.69 Å². The van der Waals surface area contributed by atoms with Gasteiger partial charge in [-0.1, -0.05) is 0 Å². The number of hydrogen-bond donors (Lipinski definition) is 0. The minimum atomic E-state index is -0.294. The molecule has 0 unspecified atom stereocenters. The number of rotatable bonds is 3. The first-order valence-corrected chi connectivity index (χ1v) is 7.57. The molecular formula is C16H22FN3O. The highest BCUT2D eigenvalue weighted by atomic mass is 19.1. The summed E-state index contributed by atoms with van der Waals surface area (Å²) < 4.78 is 13.6. The van der Waals surface area contributed by atoms with Gasteiger partial charge in [0, 0.05) is 26.2 Å². The Kier molecular flexibility index (Phi) is 3.85. The van der Waals surface area contributed by atoms with E-state index in [4.69, 9.17) is 0 Å². The van der Waals surface area contributed by atoms with Gasteiger partial charge < -0.3 is 9.80 Å². The summed E-state index contributed by atoms with van der Waals surface area (Å²) in [5, 5.41) is 0. The summed E-state index contributed by atoms with van der Waals surface area (Å²) in [6, 6.07) is 5.25. The third-order valence-corrected chi connectivity index (χ3v) is 4.37. The lowest BCUT2D eigenvalue weighted by atomic mass is 10.2. The minimum absolute atomic E-state index is 0.0616. The number of fused-ring (bicyclic) bond motifs is 1. The number of anilines is 2. The summed E-state index contributed by atoms with van der Waals surface area (Å²) >= 11 is 0. The predicted molar refractivity (Wildman–Crippen MR) is 82.3 cm³/mol. The lowest BCUT2D eigenvalue weighted by molar-refractivity contribution is -0.119. The van der Waals surface area contributed by atoms with E-state index in [-0.39, 0.29) is 11.7 Å². The van der Waals surface area contributed by atoms with Crippen LogP contribution in [0.3, 0.4) is 0 Å². The van der Waals surface area contributed by atoms with E-state index in [1.807, 2.05) is 14.1 Å². The molecule has 0 bridgehead atoms. The quantitative estimate of drug-likeness (QED) is 0.853. The Balaban J connectivity index is 1.85. The van der Waals surface area contributed by atoms with Crippen LogP contribution in [-0.2, 0) is 4.79 Å². The molecule has 21 heavy (non-hydrogen) atoms. The van der Waals surface area contributed by atoms with E-state index in [9.17, 15) is 9.18 Å². The number of carbonyl (C=O) groups is 1. The van der Waals surface area contributed by atoms with Crippen LogP contribution in [0.25, 0.3) is 0 Å². The van der Waals surface area contributed by atoms with Crippen LogP contribution in [0.4, 0.5) is 15.8 Å². The smallest absolute Gasteiger partial charge is 0.241 e. The second kappa shape index (κ2) is 5.64. The predicted octanol–water partition coefficient (Wildman–Crippen LogP) is 2.09. The van der Waals surface area contributed by atoms with Crippen molar-refractivity contribution in [1.29, 1.82) is 0 Å². The topological polar surface area (TPSA) is 26.8 Å². The summed E-state index contributed by atoms with van der Waals surface area (Å²) in [7, 11) is 3.98. The van der Waals surface area contributed by atoms with Crippen LogP contribution >= 0.6 is 0 Å². The van der Waals surface area contributed by atoms with Gasteiger partial charge in [-0.15, -0.1) is 0 Å². The van der Waals surface area contributed by atoms with Crippen molar-refractivity contribution < 1.29 is 9.18 Å². The molecule has 1 aliphatic heterocycles. The summed E-state index contributed by atoms with van der Waals surface area (Å²) in [6.45, 7) is 1.93. The van der Waals surface area contributed by atoms with Crippen LogP contribution < -0.4 is 9.80 Å². The van der Waals surface area contributed by atoms with Crippen molar-refractivity contribution in [2.24, 2.45) is 0 Å². The van der Waals surface area contributed by atoms with Crippen LogP contribution in [0.1, 0.15) is 19.3 Å². The molecule has 1 amide bonds. The van der Waals surface area contributed by atoms with Crippen LogP contribution in [0.2, 0.25) is 0 Å². The van der Waals surface area contributed by atoms with E-state index in [2.05, 4.69) is 9.80 Å². The first-order chi connectivity index (χ1) is 10.1. The third kappa shape index (κ3) is 3.02.